The highest BCUT2D eigenvalue weighted by molar-refractivity contribution is 7.13. The Labute approximate surface area is 160 Å². The van der Waals surface area contributed by atoms with Crippen LogP contribution in [0, 0.1) is 5.92 Å². The Bertz CT molecular complexity index is 803. The van der Waals surface area contributed by atoms with Crippen molar-refractivity contribution in [2.45, 2.75) is 32.1 Å². The molecule has 0 aliphatic heterocycles. The van der Waals surface area contributed by atoms with Crippen LogP contribution in [0.5, 0.6) is 5.75 Å². The largest absolute Gasteiger partial charge is 0.495 e. The summed E-state index contributed by atoms with van der Waals surface area (Å²) in [4.78, 5) is 28.7. The van der Waals surface area contributed by atoms with Gasteiger partial charge in [-0.05, 0) is 31.0 Å². The lowest BCUT2D eigenvalue weighted by Gasteiger charge is -2.10. The maximum atomic E-state index is 12.3. The molecule has 1 fully saturated rings. The van der Waals surface area contributed by atoms with E-state index in [2.05, 4.69) is 15.6 Å². The number of nitrogens with zero attached hydrogens (tertiary/aromatic N) is 1. The zero-order chi connectivity index (χ0) is 18.5. The minimum absolute atomic E-state index is 0.0246. The average molecular weight is 394 g/mol. The Morgan fingerprint density at radius 3 is 2.81 bits per heavy atom. The molecule has 0 bridgehead atoms. The fourth-order valence-corrected chi connectivity index (χ4v) is 3.86. The quantitative estimate of drug-likeness (QED) is 0.773. The monoisotopic (exact) mass is 393 g/mol. The number of thiazole rings is 1. The first-order chi connectivity index (χ1) is 12.5. The van der Waals surface area contributed by atoms with Crippen molar-refractivity contribution in [1.82, 2.24) is 4.98 Å². The molecule has 26 heavy (non-hydrogen) atoms. The molecule has 0 radical (unpaired) electrons. The number of carbonyl (C=O) groups is 2. The van der Waals surface area contributed by atoms with Crippen molar-refractivity contribution < 1.29 is 14.3 Å². The Hall–Kier alpha value is -2.12. The summed E-state index contributed by atoms with van der Waals surface area (Å²) in [6, 6.07) is 5.01. The normalized spacial score (nSPS) is 14.2. The first-order valence-electron chi connectivity index (χ1n) is 8.44. The van der Waals surface area contributed by atoms with Gasteiger partial charge in [0.2, 0.25) is 11.8 Å². The summed E-state index contributed by atoms with van der Waals surface area (Å²) < 4.78 is 5.21. The van der Waals surface area contributed by atoms with Crippen LogP contribution in [0.4, 0.5) is 10.8 Å². The first kappa shape index (κ1) is 18.7. The highest BCUT2D eigenvalue weighted by Gasteiger charge is 2.23. The molecule has 0 spiro atoms. The summed E-state index contributed by atoms with van der Waals surface area (Å²) in [5.74, 6) is 0.410. The van der Waals surface area contributed by atoms with Gasteiger partial charge in [0.15, 0.2) is 5.13 Å². The molecule has 0 atom stereocenters. The van der Waals surface area contributed by atoms with E-state index in [0.29, 0.717) is 27.3 Å². The van der Waals surface area contributed by atoms with Crippen molar-refractivity contribution in [3.8, 4) is 5.75 Å². The van der Waals surface area contributed by atoms with Crippen LogP contribution in [-0.2, 0) is 16.0 Å². The third-order valence-corrected chi connectivity index (χ3v) is 5.33. The van der Waals surface area contributed by atoms with Gasteiger partial charge in [-0.2, -0.15) is 0 Å². The first-order valence-corrected chi connectivity index (χ1v) is 9.69. The topological polar surface area (TPSA) is 80.3 Å². The zero-order valence-corrected chi connectivity index (χ0v) is 16.0. The molecule has 6 nitrogen and oxygen atoms in total. The Morgan fingerprint density at radius 1 is 1.31 bits per heavy atom. The second-order valence-corrected chi connectivity index (χ2v) is 7.48. The molecule has 3 rings (SSSR count). The number of ether oxygens (including phenoxy) is 1. The molecule has 8 heteroatoms. The number of carbonyl (C=O) groups excluding carboxylic acids is 2. The van der Waals surface area contributed by atoms with Crippen molar-refractivity contribution in [2.24, 2.45) is 5.92 Å². The standard InChI is InChI=1S/C18H20ClN3O3S/c1-25-15-7-6-12(19)8-14(15)21-16(23)9-13-10-26-18(20-13)22-17(24)11-4-2-3-5-11/h6-8,10-11H,2-5,9H2,1H3,(H,21,23)(H,20,22,24). The van der Waals surface area contributed by atoms with Crippen molar-refractivity contribution in [3.63, 3.8) is 0 Å². The van der Waals surface area contributed by atoms with Gasteiger partial charge in [0.05, 0.1) is 24.9 Å². The number of hydrogen-bond acceptors (Lipinski definition) is 5. The Kier molecular flexibility index (Phi) is 6.11. The molecular formula is C18H20ClN3O3S. The lowest BCUT2D eigenvalue weighted by molar-refractivity contribution is -0.119. The van der Waals surface area contributed by atoms with Crippen LogP contribution in [0.2, 0.25) is 5.02 Å². The second kappa shape index (κ2) is 8.51. The average Bonchev–Trinajstić information content (AvgIpc) is 3.27. The third-order valence-electron chi connectivity index (χ3n) is 4.29. The molecule has 1 aromatic carbocycles. The van der Waals surface area contributed by atoms with Crippen LogP contribution in [0.1, 0.15) is 31.4 Å². The van der Waals surface area contributed by atoms with E-state index in [-0.39, 0.29) is 24.2 Å². The minimum Gasteiger partial charge on any atom is -0.495 e. The molecule has 2 aromatic rings. The molecular weight excluding hydrogens is 374 g/mol. The van der Waals surface area contributed by atoms with E-state index in [1.807, 2.05) is 0 Å². The van der Waals surface area contributed by atoms with Crippen LogP contribution < -0.4 is 15.4 Å². The number of methoxy groups -OCH3 is 1. The number of anilines is 2. The smallest absolute Gasteiger partial charge is 0.230 e. The number of amides is 2. The van der Waals surface area contributed by atoms with Gasteiger partial charge in [-0.3, -0.25) is 9.59 Å². The number of nitrogens with one attached hydrogen (secondary N) is 2. The Balaban J connectivity index is 1.57. The van der Waals surface area contributed by atoms with E-state index in [0.717, 1.165) is 25.7 Å². The van der Waals surface area contributed by atoms with Crippen molar-refractivity contribution >= 4 is 45.6 Å². The van der Waals surface area contributed by atoms with Gasteiger partial charge in [-0.15, -0.1) is 11.3 Å². The van der Waals surface area contributed by atoms with E-state index in [1.165, 1.54) is 18.4 Å². The lowest BCUT2D eigenvalue weighted by atomic mass is 10.1. The van der Waals surface area contributed by atoms with Gasteiger partial charge in [-0.25, -0.2) is 4.98 Å². The van der Waals surface area contributed by atoms with Crippen molar-refractivity contribution in [3.05, 3.63) is 34.3 Å². The molecule has 0 saturated heterocycles. The lowest BCUT2D eigenvalue weighted by Crippen LogP contribution is -2.20. The molecule has 2 N–H and O–H groups in total. The molecule has 1 aliphatic rings. The van der Waals surface area contributed by atoms with E-state index < -0.39 is 0 Å². The summed E-state index contributed by atoms with van der Waals surface area (Å²) >= 11 is 7.29. The second-order valence-electron chi connectivity index (χ2n) is 6.18. The van der Waals surface area contributed by atoms with Gasteiger partial charge in [0.25, 0.3) is 0 Å². The fraction of sp³-hybridized carbons (Fsp3) is 0.389. The van der Waals surface area contributed by atoms with Crippen molar-refractivity contribution in [1.29, 1.82) is 0 Å². The molecule has 1 aliphatic carbocycles. The molecule has 0 unspecified atom stereocenters. The van der Waals surface area contributed by atoms with Crippen LogP contribution >= 0.6 is 22.9 Å². The van der Waals surface area contributed by atoms with Crippen LogP contribution in [-0.4, -0.2) is 23.9 Å². The van der Waals surface area contributed by atoms with Crippen LogP contribution in [0.3, 0.4) is 0 Å². The van der Waals surface area contributed by atoms with Gasteiger partial charge < -0.3 is 15.4 Å². The molecule has 1 heterocycles. The zero-order valence-electron chi connectivity index (χ0n) is 14.4. The number of aromatic nitrogens is 1. The minimum atomic E-state index is -0.232. The van der Waals surface area contributed by atoms with Gasteiger partial charge in [-0.1, -0.05) is 24.4 Å². The van der Waals surface area contributed by atoms with E-state index in [4.69, 9.17) is 16.3 Å². The predicted octanol–water partition coefficient (Wildman–Crippen LogP) is 4.12. The van der Waals surface area contributed by atoms with Crippen LogP contribution in [0.25, 0.3) is 0 Å². The molecule has 138 valence electrons. The summed E-state index contributed by atoms with van der Waals surface area (Å²) in [6.45, 7) is 0. The SMILES string of the molecule is COc1ccc(Cl)cc1NC(=O)Cc1csc(NC(=O)C2CCCC2)n1. The van der Waals surface area contributed by atoms with E-state index >= 15 is 0 Å². The summed E-state index contributed by atoms with van der Waals surface area (Å²) in [5, 5.41) is 8.44. The van der Waals surface area contributed by atoms with Gasteiger partial charge >= 0.3 is 0 Å². The Morgan fingerprint density at radius 2 is 2.08 bits per heavy atom. The maximum Gasteiger partial charge on any atom is 0.230 e. The number of rotatable bonds is 6. The highest BCUT2D eigenvalue weighted by Crippen LogP contribution is 2.28. The molecule has 1 saturated carbocycles. The highest BCUT2D eigenvalue weighted by atomic mass is 35.5. The van der Waals surface area contributed by atoms with E-state index in [9.17, 15) is 9.59 Å². The van der Waals surface area contributed by atoms with Gasteiger partial charge in [0, 0.05) is 16.3 Å². The van der Waals surface area contributed by atoms with Crippen LogP contribution in [0.15, 0.2) is 23.6 Å². The third kappa shape index (κ3) is 4.74. The molecule has 2 amide bonds. The number of benzene rings is 1. The summed E-state index contributed by atoms with van der Waals surface area (Å²) in [7, 11) is 1.53. The fourth-order valence-electron chi connectivity index (χ4n) is 2.98. The summed E-state index contributed by atoms with van der Waals surface area (Å²) in [5.41, 5.74) is 1.12. The number of hydrogen-bond donors (Lipinski definition) is 2. The summed E-state index contributed by atoms with van der Waals surface area (Å²) in [6.07, 6.45) is 4.19. The maximum absolute atomic E-state index is 12.3. The van der Waals surface area contributed by atoms with E-state index in [1.54, 1.807) is 23.6 Å². The van der Waals surface area contributed by atoms with Crippen molar-refractivity contribution in [2.75, 3.05) is 17.7 Å². The number of halogens is 1. The molecule has 1 aromatic heterocycles. The van der Waals surface area contributed by atoms with Gasteiger partial charge in [0.1, 0.15) is 5.75 Å². The predicted molar refractivity (Wildman–Crippen MR) is 103 cm³/mol.